The third-order valence-electron chi connectivity index (χ3n) is 3.33. The molecule has 0 aliphatic rings. The van der Waals surface area contributed by atoms with E-state index in [2.05, 4.69) is 10.1 Å². The van der Waals surface area contributed by atoms with Crippen LogP contribution in [0.25, 0.3) is 16.7 Å². The number of hydrogen-bond acceptors (Lipinski definition) is 6. The minimum Gasteiger partial charge on any atom is -0.298 e. The number of benzene rings is 1. The number of fused-ring (bicyclic) bond motifs is 1. The van der Waals surface area contributed by atoms with Gasteiger partial charge in [-0.05, 0) is 6.07 Å². The zero-order valence-corrected chi connectivity index (χ0v) is 11.8. The molecule has 0 atom stereocenters. The summed E-state index contributed by atoms with van der Waals surface area (Å²) in [6, 6.07) is 8.05. The lowest BCUT2D eigenvalue weighted by molar-refractivity contribution is -0.384. The third kappa shape index (κ3) is 2.42. The van der Waals surface area contributed by atoms with E-state index in [9.17, 15) is 14.9 Å². The highest BCUT2D eigenvalue weighted by Gasteiger charge is 2.18. The van der Waals surface area contributed by atoms with Crippen LogP contribution in [0.4, 0.5) is 5.69 Å². The summed E-state index contributed by atoms with van der Waals surface area (Å²) in [5, 5.41) is 24.0. The van der Waals surface area contributed by atoms with Crippen molar-refractivity contribution in [2.75, 3.05) is 0 Å². The number of nitro benzene ring substituents is 1. The maximum absolute atomic E-state index is 12.3. The van der Waals surface area contributed by atoms with E-state index in [0.29, 0.717) is 0 Å². The average Bonchev–Trinajstić information content (AvgIpc) is 2.99. The number of rotatable bonds is 4. The largest absolute Gasteiger partial charge is 0.298 e. The number of nitro groups is 1. The van der Waals surface area contributed by atoms with Crippen molar-refractivity contribution >= 4 is 16.7 Å². The van der Waals surface area contributed by atoms with Gasteiger partial charge in [0, 0.05) is 12.6 Å². The number of nitrogens with zero attached hydrogens (tertiary/aromatic N) is 6. The molecule has 2 aromatic heterocycles. The van der Waals surface area contributed by atoms with Crippen LogP contribution in [0.2, 0.25) is 0 Å². The third-order valence-corrected chi connectivity index (χ3v) is 3.33. The van der Waals surface area contributed by atoms with Crippen LogP contribution in [-0.4, -0.2) is 24.3 Å². The van der Waals surface area contributed by atoms with Crippen molar-refractivity contribution in [1.29, 1.82) is 5.26 Å². The predicted octanol–water partition coefficient (Wildman–Crippen LogP) is 1.40. The normalized spacial score (nSPS) is 10.6. The van der Waals surface area contributed by atoms with Gasteiger partial charge in [0.05, 0.1) is 23.6 Å². The Hall–Kier alpha value is -3.54. The number of hydrogen-bond donors (Lipinski definition) is 0. The monoisotopic (exact) mass is 310 g/mol. The Morgan fingerprint density at radius 3 is 2.87 bits per heavy atom. The van der Waals surface area contributed by atoms with E-state index in [1.807, 2.05) is 6.07 Å². The van der Waals surface area contributed by atoms with Crippen molar-refractivity contribution in [3.05, 3.63) is 57.3 Å². The highest BCUT2D eigenvalue weighted by atomic mass is 16.6. The summed E-state index contributed by atoms with van der Waals surface area (Å²) in [6.45, 7) is 0.231. The van der Waals surface area contributed by atoms with Gasteiger partial charge in [-0.2, -0.15) is 10.4 Å². The molecule has 0 bridgehead atoms. The van der Waals surface area contributed by atoms with Crippen molar-refractivity contribution in [3.63, 3.8) is 0 Å². The summed E-state index contributed by atoms with van der Waals surface area (Å²) >= 11 is 0. The number of para-hydroxylation sites is 2. The van der Waals surface area contributed by atoms with E-state index in [-0.39, 0.29) is 40.9 Å². The summed E-state index contributed by atoms with van der Waals surface area (Å²) in [6.07, 6.45) is 2.82. The molecule has 0 N–H and O–H groups in total. The molecule has 0 spiro atoms. The molecule has 0 saturated carbocycles. The van der Waals surface area contributed by atoms with Gasteiger partial charge in [-0.25, -0.2) is 9.67 Å². The first-order chi connectivity index (χ1) is 11.1. The van der Waals surface area contributed by atoms with Crippen LogP contribution in [-0.2, 0) is 6.54 Å². The fraction of sp³-hybridized carbons (Fsp3) is 0.143. The second-order valence-electron chi connectivity index (χ2n) is 4.69. The second kappa shape index (κ2) is 5.69. The molecule has 2 heterocycles. The van der Waals surface area contributed by atoms with Crippen molar-refractivity contribution in [2.24, 2.45) is 0 Å². The van der Waals surface area contributed by atoms with Crippen molar-refractivity contribution in [2.45, 2.75) is 13.0 Å². The lowest BCUT2D eigenvalue weighted by Gasteiger charge is -2.05. The van der Waals surface area contributed by atoms with Crippen LogP contribution in [0, 0.1) is 21.4 Å². The molecule has 0 amide bonds. The van der Waals surface area contributed by atoms with E-state index in [4.69, 9.17) is 5.26 Å². The zero-order valence-electron chi connectivity index (χ0n) is 11.8. The molecule has 1 aromatic carbocycles. The molecule has 0 unspecified atom stereocenters. The maximum Gasteiger partial charge on any atom is 0.294 e. The highest BCUT2D eigenvalue weighted by molar-refractivity contribution is 5.76. The molecule has 23 heavy (non-hydrogen) atoms. The Kier molecular flexibility index (Phi) is 3.56. The van der Waals surface area contributed by atoms with Crippen molar-refractivity contribution < 1.29 is 4.92 Å². The molecule has 9 nitrogen and oxygen atoms in total. The molecule has 0 aliphatic heterocycles. The van der Waals surface area contributed by atoms with E-state index >= 15 is 0 Å². The first-order valence-corrected chi connectivity index (χ1v) is 6.67. The van der Waals surface area contributed by atoms with Crippen LogP contribution >= 0.6 is 0 Å². The summed E-state index contributed by atoms with van der Waals surface area (Å²) < 4.78 is 2.58. The van der Waals surface area contributed by atoms with Gasteiger partial charge in [-0.3, -0.25) is 19.5 Å². The van der Waals surface area contributed by atoms with Gasteiger partial charge < -0.3 is 0 Å². The van der Waals surface area contributed by atoms with Gasteiger partial charge in [-0.15, -0.1) is 0 Å². The minimum absolute atomic E-state index is 0.132. The molecule has 0 radical (unpaired) electrons. The number of aryl methyl sites for hydroxylation is 1. The highest BCUT2D eigenvalue weighted by Crippen LogP contribution is 2.23. The lowest BCUT2D eigenvalue weighted by Crippen LogP contribution is -2.20. The van der Waals surface area contributed by atoms with Crippen LogP contribution in [0.15, 0.2) is 41.6 Å². The lowest BCUT2D eigenvalue weighted by atomic mass is 10.2. The Morgan fingerprint density at radius 2 is 2.13 bits per heavy atom. The Morgan fingerprint density at radius 1 is 1.35 bits per heavy atom. The summed E-state index contributed by atoms with van der Waals surface area (Å²) in [5.41, 5.74) is -0.00488. The van der Waals surface area contributed by atoms with E-state index in [1.54, 1.807) is 12.1 Å². The molecule has 9 heteroatoms. The second-order valence-corrected chi connectivity index (χ2v) is 4.69. The molecule has 0 fully saturated rings. The van der Waals surface area contributed by atoms with Crippen molar-refractivity contribution in [1.82, 2.24) is 19.3 Å². The van der Waals surface area contributed by atoms with Crippen LogP contribution in [0.5, 0.6) is 0 Å². The summed E-state index contributed by atoms with van der Waals surface area (Å²) in [7, 11) is 0. The smallest absolute Gasteiger partial charge is 0.294 e. The fourth-order valence-electron chi connectivity index (χ4n) is 2.25. The zero-order chi connectivity index (χ0) is 16.4. The topological polar surface area (TPSA) is 120 Å². The predicted molar refractivity (Wildman–Crippen MR) is 80.0 cm³/mol. The first-order valence-electron chi connectivity index (χ1n) is 6.67. The van der Waals surface area contributed by atoms with Gasteiger partial charge >= 0.3 is 0 Å². The van der Waals surface area contributed by atoms with Crippen LogP contribution in [0.3, 0.4) is 0 Å². The number of nitriles is 1. The van der Waals surface area contributed by atoms with Gasteiger partial charge in [-0.1, -0.05) is 12.1 Å². The fourth-order valence-corrected chi connectivity index (χ4v) is 2.25. The Balaban J connectivity index is 2.19. The molecule has 3 aromatic rings. The van der Waals surface area contributed by atoms with Gasteiger partial charge in [0.25, 0.3) is 11.2 Å². The number of aromatic nitrogens is 4. The van der Waals surface area contributed by atoms with Crippen molar-refractivity contribution in [3.8, 4) is 11.8 Å². The SMILES string of the molecule is N#CCCn1cnc2c(cnn2-c2ccccc2[N+](=O)[O-])c1=O. The summed E-state index contributed by atoms with van der Waals surface area (Å²) in [4.78, 5) is 27.1. The molecule has 0 aliphatic carbocycles. The average molecular weight is 310 g/mol. The molecule has 3 rings (SSSR count). The quantitative estimate of drug-likeness (QED) is 0.530. The van der Waals surface area contributed by atoms with Gasteiger partial charge in [0.1, 0.15) is 17.4 Å². The van der Waals surface area contributed by atoms with E-state index < -0.39 is 4.92 Å². The van der Waals surface area contributed by atoms with Crippen LogP contribution < -0.4 is 5.56 Å². The van der Waals surface area contributed by atoms with Crippen LogP contribution in [0.1, 0.15) is 6.42 Å². The van der Waals surface area contributed by atoms with E-state index in [1.165, 1.54) is 33.9 Å². The molecule has 0 saturated heterocycles. The molecular weight excluding hydrogens is 300 g/mol. The van der Waals surface area contributed by atoms with Gasteiger partial charge in [0.15, 0.2) is 5.65 Å². The van der Waals surface area contributed by atoms with Gasteiger partial charge in [0.2, 0.25) is 0 Å². The molecule has 114 valence electrons. The Bertz CT molecular complexity index is 998. The Labute approximate surface area is 129 Å². The minimum atomic E-state index is -0.517. The summed E-state index contributed by atoms with van der Waals surface area (Å²) in [5.74, 6) is 0. The maximum atomic E-state index is 12.3. The first kappa shape index (κ1) is 14.4. The van der Waals surface area contributed by atoms with E-state index in [0.717, 1.165) is 0 Å². The molecular formula is C14H10N6O3. The standard InChI is InChI=1S/C14H10N6O3/c15-6-3-7-18-9-16-13-10(14(18)21)8-17-19(13)11-4-1-2-5-12(11)20(22)23/h1-2,4-5,8-9H,3,7H2.